The molecule has 0 aliphatic carbocycles. The first kappa shape index (κ1) is 13.0. The predicted molar refractivity (Wildman–Crippen MR) is 68.1 cm³/mol. The van der Waals surface area contributed by atoms with Crippen LogP contribution in [-0.4, -0.2) is 29.4 Å². The van der Waals surface area contributed by atoms with Crippen LogP contribution in [0.4, 0.5) is 0 Å². The Kier molecular flexibility index (Phi) is 4.73. The summed E-state index contributed by atoms with van der Waals surface area (Å²) >= 11 is 0. The zero-order chi connectivity index (χ0) is 12.0. The third-order valence-electron chi connectivity index (χ3n) is 2.48. The van der Waals surface area contributed by atoms with E-state index in [2.05, 4.69) is 6.58 Å². The van der Waals surface area contributed by atoms with E-state index in [1.165, 1.54) is 0 Å². The second-order valence-corrected chi connectivity index (χ2v) is 5.47. The predicted octanol–water partition coefficient (Wildman–Crippen LogP) is 1.76. The van der Waals surface area contributed by atoms with Gasteiger partial charge in [-0.15, -0.1) is 0 Å². The van der Waals surface area contributed by atoms with Crippen LogP contribution in [0.5, 0.6) is 5.75 Å². The highest BCUT2D eigenvalue weighted by Gasteiger charge is 2.24. The highest BCUT2D eigenvalue weighted by atomic mass is 28.2. The van der Waals surface area contributed by atoms with Gasteiger partial charge in [0.15, 0.2) is 5.41 Å². The normalized spacial score (nSPS) is 11.9. The van der Waals surface area contributed by atoms with Crippen molar-refractivity contribution < 1.29 is 13.9 Å². The molecule has 0 radical (unpaired) electrons. The van der Waals surface area contributed by atoms with Crippen molar-refractivity contribution in [2.45, 2.75) is 12.3 Å². The van der Waals surface area contributed by atoms with E-state index in [0.29, 0.717) is 0 Å². The van der Waals surface area contributed by atoms with E-state index in [1.54, 1.807) is 20.3 Å². The zero-order valence-corrected chi connectivity index (χ0v) is 11.4. The molecule has 1 aromatic carbocycles. The Morgan fingerprint density at radius 3 is 2.19 bits per heavy atom. The molecule has 0 heterocycles. The van der Waals surface area contributed by atoms with Crippen molar-refractivity contribution >= 4 is 15.8 Å². The maximum Gasteiger partial charge on any atom is 0.282 e. The first-order valence-electron chi connectivity index (χ1n) is 5.09. The Morgan fingerprint density at radius 1 is 1.19 bits per heavy atom. The maximum atomic E-state index is 5.71. The van der Waals surface area contributed by atoms with E-state index in [-0.39, 0.29) is 0 Å². The van der Waals surface area contributed by atoms with Crippen LogP contribution in [0.15, 0.2) is 30.8 Å². The van der Waals surface area contributed by atoms with Gasteiger partial charge in [0.1, 0.15) is 5.75 Å². The lowest BCUT2D eigenvalue weighted by atomic mass is 10.2. The summed E-state index contributed by atoms with van der Waals surface area (Å²) in [4.78, 5) is 0. The second-order valence-electron chi connectivity index (χ2n) is 3.60. The van der Waals surface area contributed by atoms with Crippen molar-refractivity contribution in [3.8, 4) is 5.75 Å². The molecule has 16 heavy (non-hydrogen) atoms. The third-order valence-corrected chi connectivity index (χ3v) is 4.06. The van der Waals surface area contributed by atoms with Gasteiger partial charge in [-0.2, -0.15) is 0 Å². The molecule has 0 N–H and O–H groups in total. The summed E-state index contributed by atoms with van der Waals surface area (Å²) in [5.74, 6) is 0.845. The van der Waals surface area contributed by atoms with Crippen LogP contribution in [0.2, 0.25) is 0 Å². The topological polar surface area (TPSA) is 27.7 Å². The number of benzene rings is 1. The summed E-state index contributed by atoms with van der Waals surface area (Å²) in [6, 6.07) is 7.78. The largest absolute Gasteiger partial charge is 0.543 e. The van der Waals surface area contributed by atoms with E-state index < -0.39 is 15.2 Å². The van der Waals surface area contributed by atoms with Crippen molar-refractivity contribution in [2.24, 2.45) is 0 Å². The van der Waals surface area contributed by atoms with Crippen LogP contribution >= 0.6 is 0 Å². The van der Waals surface area contributed by atoms with Crippen molar-refractivity contribution in [2.75, 3.05) is 14.2 Å². The molecule has 0 spiro atoms. The quantitative estimate of drug-likeness (QED) is 0.558. The molecule has 0 bridgehead atoms. The van der Waals surface area contributed by atoms with Gasteiger partial charge in [-0.1, -0.05) is 24.8 Å². The lowest BCUT2D eigenvalue weighted by Gasteiger charge is -2.25. The Morgan fingerprint density at radius 2 is 1.75 bits per heavy atom. The molecule has 88 valence electrons. The molecule has 1 aromatic rings. The molecule has 0 aliphatic heterocycles. The van der Waals surface area contributed by atoms with Crippen LogP contribution in [0.1, 0.15) is 12.5 Å². The van der Waals surface area contributed by atoms with Gasteiger partial charge < -0.3 is 13.9 Å². The molecule has 0 fully saturated rings. The minimum absolute atomic E-state index is 0.572. The van der Waals surface area contributed by atoms with Crippen LogP contribution < -0.4 is 4.43 Å². The Labute approximate surface area is 99.0 Å². The van der Waals surface area contributed by atoms with Gasteiger partial charge in [-0.25, -0.2) is 0 Å². The van der Waals surface area contributed by atoms with Crippen molar-refractivity contribution in [1.29, 1.82) is 0 Å². The standard InChI is InChI=1S/C12H18O3Si/c1-5-10-6-8-11(9-7-10)15-16-12(2,13-3)14-4/h5-9H,1,16H2,2-4H3. The zero-order valence-electron chi connectivity index (χ0n) is 10.0. The van der Waals surface area contributed by atoms with Gasteiger partial charge >= 0.3 is 0 Å². The third kappa shape index (κ3) is 3.48. The summed E-state index contributed by atoms with van der Waals surface area (Å²) in [5, 5.41) is 0. The van der Waals surface area contributed by atoms with Gasteiger partial charge in [0.05, 0.1) is 0 Å². The maximum absolute atomic E-state index is 5.71. The number of methoxy groups -OCH3 is 2. The smallest absolute Gasteiger partial charge is 0.282 e. The molecule has 0 aliphatic rings. The van der Waals surface area contributed by atoms with E-state index >= 15 is 0 Å². The molecule has 3 nitrogen and oxygen atoms in total. The van der Waals surface area contributed by atoms with Crippen molar-refractivity contribution in [3.05, 3.63) is 36.4 Å². The second kappa shape index (κ2) is 5.84. The summed E-state index contributed by atoms with van der Waals surface area (Å²) < 4.78 is 16.2. The fraction of sp³-hybridized carbons (Fsp3) is 0.333. The fourth-order valence-corrected chi connectivity index (χ4v) is 1.97. The fourth-order valence-electron chi connectivity index (χ4n) is 1.12. The molecule has 0 amide bonds. The molecule has 1 rings (SSSR count). The molecule has 0 atom stereocenters. The molecule has 0 aromatic heterocycles. The van der Waals surface area contributed by atoms with Gasteiger partial charge in [0.2, 0.25) is 0 Å². The van der Waals surface area contributed by atoms with Gasteiger partial charge in [-0.3, -0.25) is 0 Å². The molecular weight excluding hydrogens is 220 g/mol. The number of ether oxygens (including phenoxy) is 2. The van der Waals surface area contributed by atoms with E-state index in [4.69, 9.17) is 13.9 Å². The minimum Gasteiger partial charge on any atom is -0.543 e. The molecule has 0 saturated heterocycles. The summed E-state index contributed by atoms with van der Waals surface area (Å²) in [6.45, 7) is 5.59. The first-order valence-corrected chi connectivity index (χ1v) is 6.37. The minimum atomic E-state index is -0.958. The van der Waals surface area contributed by atoms with Crippen LogP contribution in [0.25, 0.3) is 6.08 Å². The number of rotatable bonds is 6. The van der Waals surface area contributed by atoms with Crippen molar-refractivity contribution in [3.63, 3.8) is 0 Å². The SMILES string of the molecule is C=Cc1ccc(O[SiH2]C(C)(OC)OC)cc1. The molecule has 0 unspecified atom stereocenters. The summed E-state index contributed by atoms with van der Waals surface area (Å²) in [5.41, 5.74) is 0.507. The highest BCUT2D eigenvalue weighted by Crippen LogP contribution is 2.15. The average Bonchev–Trinajstić information content (AvgIpc) is 2.36. The number of hydrogen-bond donors (Lipinski definition) is 0. The van der Waals surface area contributed by atoms with Crippen LogP contribution in [-0.2, 0) is 9.47 Å². The Hall–Kier alpha value is -1.10. The lowest BCUT2D eigenvalue weighted by Crippen LogP contribution is -2.40. The molecule has 4 heteroatoms. The average molecular weight is 238 g/mol. The van der Waals surface area contributed by atoms with Gasteiger partial charge in [0, 0.05) is 14.2 Å². The van der Waals surface area contributed by atoms with E-state index in [1.807, 2.05) is 31.2 Å². The Bertz CT molecular complexity index is 331. The van der Waals surface area contributed by atoms with E-state index in [0.717, 1.165) is 11.3 Å². The van der Waals surface area contributed by atoms with Crippen molar-refractivity contribution in [1.82, 2.24) is 0 Å². The molecular formula is C12H18O3Si. The Balaban J connectivity index is 2.57. The van der Waals surface area contributed by atoms with Gasteiger partial charge in [-0.05, 0) is 24.6 Å². The monoisotopic (exact) mass is 238 g/mol. The lowest BCUT2D eigenvalue weighted by molar-refractivity contribution is -0.135. The summed E-state index contributed by atoms with van der Waals surface area (Å²) in [6.07, 6.45) is 1.80. The first-order chi connectivity index (χ1) is 7.63. The van der Waals surface area contributed by atoms with Crippen LogP contribution in [0.3, 0.4) is 0 Å². The number of hydrogen-bond acceptors (Lipinski definition) is 3. The van der Waals surface area contributed by atoms with E-state index in [9.17, 15) is 0 Å². The molecule has 0 saturated carbocycles. The van der Waals surface area contributed by atoms with Gasteiger partial charge in [0.25, 0.3) is 9.76 Å². The van der Waals surface area contributed by atoms with Crippen LogP contribution in [0, 0.1) is 0 Å². The summed E-state index contributed by atoms with van der Waals surface area (Å²) in [7, 11) is 2.29. The highest BCUT2D eigenvalue weighted by molar-refractivity contribution is 6.31.